The molecule has 2 rings (SSSR count). The molecule has 3 N–H and O–H groups in total. The van der Waals surface area contributed by atoms with Crippen molar-refractivity contribution >= 4 is 15.5 Å². The van der Waals surface area contributed by atoms with Gasteiger partial charge < -0.3 is 11.1 Å². The predicted molar refractivity (Wildman–Crippen MR) is 73.5 cm³/mol. The molecule has 1 aliphatic rings. The highest BCUT2D eigenvalue weighted by Crippen LogP contribution is 2.27. The molecule has 5 heteroatoms. The summed E-state index contributed by atoms with van der Waals surface area (Å²) in [6.45, 7) is 3.53. The van der Waals surface area contributed by atoms with E-state index in [9.17, 15) is 8.42 Å². The van der Waals surface area contributed by atoms with Gasteiger partial charge in [-0.1, -0.05) is 6.92 Å². The fourth-order valence-corrected chi connectivity index (χ4v) is 3.71. The maximum atomic E-state index is 11.9. The van der Waals surface area contributed by atoms with Crippen LogP contribution in [0.5, 0.6) is 0 Å². The van der Waals surface area contributed by atoms with Crippen LogP contribution in [0, 0.1) is 5.92 Å². The number of sulfone groups is 1. The second-order valence-corrected chi connectivity index (χ2v) is 7.04. The SMILES string of the molecule is CC(CN)CNc1ccc2c(c1)CCCS2(=O)=O. The van der Waals surface area contributed by atoms with Crippen LogP contribution in [0.25, 0.3) is 0 Å². The molecule has 1 aromatic rings. The molecular formula is C13H20N2O2S. The summed E-state index contributed by atoms with van der Waals surface area (Å²) in [5.41, 5.74) is 7.48. The van der Waals surface area contributed by atoms with Crippen molar-refractivity contribution in [2.75, 3.05) is 24.2 Å². The monoisotopic (exact) mass is 268 g/mol. The van der Waals surface area contributed by atoms with Crippen molar-refractivity contribution in [3.05, 3.63) is 23.8 Å². The molecular weight excluding hydrogens is 248 g/mol. The van der Waals surface area contributed by atoms with Crippen LogP contribution in [0.4, 0.5) is 5.69 Å². The molecule has 0 aromatic heterocycles. The molecule has 100 valence electrons. The predicted octanol–water partition coefficient (Wildman–Crippen LogP) is 1.41. The van der Waals surface area contributed by atoms with E-state index in [0.29, 0.717) is 17.4 Å². The van der Waals surface area contributed by atoms with Gasteiger partial charge in [0.25, 0.3) is 0 Å². The van der Waals surface area contributed by atoms with Gasteiger partial charge in [0.05, 0.1) is 10.6 Å². The van der Waals surface area contributed by atoms with E-state index in [1.165, 1.54) is 0 Å². The summed E-state index contributed by atoms with van der Waals surface area (Å²) in [7, 11) is -3.04. The third-order valence-electron chi connectivity index (χ3n) is 3.31. The molecule has 0 saturated heterocycles. The van der Waals surface area contributed by atoms with E-state index in [-0.39, 0.29) is 5.75 Å². The molecule has 1 unspecified atom stereocenters. The highest BCUT2D eigenvalue weighted by Gasteiger charge is 2.23. The lowest BCUT2D eigenvalue weighted by molar-refractivity contribution is 0.586. The summed E-state index contributed by atoms with van der Waals surface area (Å²) in [6.07, 6.45) is 1.56. The van der Waals surface area contributed by atoms with E-state index < -0.39 is 9.84 Å². The average molecular weight is 268 g/mol. The van der Waals surface area contributed by atoms with E-state index >= 15 is 0 Å². The van der Waals surface area contributed by atoms with Gasteiger partial charge >= 0.3 is 0 Å². The number of hydrogen-bond donors (Lipinski definition) is 2. The number of anilines is 1. The van der Waals surface area contributed by atoms with Crippen LogP contribution in [0.1, 0.15) is 18.9 Å². The fraction of sp³-hybridized carbons (Fsp3) is 0.538. The number of rotatable bonds is 4. The standard InChI is InChI=1S/C13H20N2O2S/c1-10(8-14)9-15-12-4-5-13-11(7-12)3-2-6-18(13,16)17/h4-5,7,10,15H,2-3,6,8-9,14H2,1H3. The lowest BCUT2D eigenvalue weighted by Crippen LogP contribution is -2.20. The minimum atomic E-state index is -3.04. The number of nitrogens with two attached hydrogens (primary N) is 1. The van der Waals surface area contributed by atoms with Gasteiger partial charge in [-0.05, 0) is 49.1 Å². The van der Waals surface area contributed by atoms with Crippen LogP contribution in [0.2, 0.25) is 0 Å². The van der Waals surface area contributed by atoms with Gasteiger partial charge in [0.1, 0.15) is 0 Å². The van der Waals surface area contributed by atoms with E-state index in [1.807, 2.05) is 12.1 Å². The molecule has 0 bridgehead atoms. The zero-order valence-corrected chi connectivity index (χ0v) is 11.5. The van der Waals surface area contributed by atoms with E-state index in [2.05, 4.69) is 12.2 Å². The molecule has 0 amide bonds. The van der Waals surface area contributed by atoms with Gasteiger partial charge in [-0.2, -0.15) is 0 Å². The van der Waals surface area contributed by atoms with Gasteiger partial charge in [0, 0.05) is 12.2 Å². The van der Waals surface area contributed by atoms with Gasteiger partial charge in [0.2, 0.25) is 0 Å². The van der Waals surface area contributed by atoms with Crippen LogP contribution >= 0.6 is 0 Å². The van der Waals surface area contributed by atoms with Crippen LogP contribution in [0.3, 0.4) is 0 Å². The van der Waals surface area contributed by atoms with Gasteiger partial charge in [-0.25, -0.2) is 8.42 Å². The average Bonchev–Trinajstić information content (AvgIpc) is 2.35. The molecule has 0 spiro atoms. The second kappa shape index (κ2) is 5.28. The first kappa shape index (κ1) is 13.4. The van der Waals surface area contributed by atoms with Crippen LogP contribution in [-0.4, -0.2) is 27.3 Å². The molecule has 18 heavy (non-hydrogen) atoms. The second-order valence-electron chi connectivity index (χ2n) is 4.97. The largest absolute Gasteiger partial charge is 0.385 e. The zero-order valence-electron chi connectivity index (χ0n) is 10.6. The third kappa shape index (κ3) is 2.84. The fourth-order valence-electron chi connectivity index (χ4n) is 2.13. The van der Waals surface area contributed by atoms with Crippen molar-refractivity contribution in [1.29, 1.82) is 0 Å². The lowest BCUT2D eigenvalue weighted by Gasteiger charge is -2.18. The Bertz CT molecular complexity index is 526. The van der Waals surface area contributed by atoms with Crippen molar-refractivity contribution in [3.63, 3.8) is 0 Å². The Hall–Kier alpha value is -1.07. The van der Waals surface area contributed by atoms with Gasteiger partial charge in [-0.15, -0.1) is 0 Å². The van der Waals surface area contributed by atoms with Crippen LogP contribution < -0.4 is 11.1 Å². The van der Waals surface area contributed by atoms with E-state index in [0.717, 1.165) is 30.6 Å². The normalized spacial score (nSPS) is 19.0. The number of fused-ring (bicyclic) bond motifs is 1. The minimum Gasteiger partial charge on any atom is -0.385 e. The summed E-state index contributed by atoms with van der Waals surface area (Å²) >= 11 is 0. The van der Waals surface area contributed by atoms with Gasteiger partial charge in [-0.3, -0.25) is 0 Å². The molecule has 0 fully saturated rings. The number of nitrogens with one attached hydrogen (secondary N) is 1. The lowest BCUT2D eigenvalue weighted by atomic mass is 10.1. The maximum absolute atomic E-state index is 11.9. The highest BCUT2D eigenvalue weighted by molar-refractivity contribution is 7.91. The maximum Gasteiger partial charge on any atom is 0.178 e. The van der Waals surface area contributed by atoms with Crippen molar-refractivity contribution in [3.8, 4) is 0 Å². The number of aryl methyl sites for hydroxylation is 1. The summed E-state index contributed by atoms with van der Waals surface area (Å²) in [5, 5.41) is 3.30. The summed E-state index contributed by atoms with van der Waals surface area (Å²) in [5.74, 6) is 0.682. The quantitative estimate of drug-likeness (QED) is 0.866. The van der Waals surface area contributed by atoms with Gasteiger partial charge in [0.15, 0.2) is 9.84 Å². The van der Waals surface area contributed by atoms with E-state index in [4.69, 9.17) is 5.73 Å². The smallest absolute Gasteiger partial charge is 0.178 e. The molecule has 0 aliphatic carbocycles. The molecule has 1 heterocycles. The Balaban J connectivity index is 2.18. The molecule has 0 radical (unpaired) electrons. The first-order valence-electron chi connectivity index (χ1n) is 6.32. The van der Waals surface area contributed by atoms with Crippen molar-refractivity contribution in [1.82, 2.24) is 0 Å². The minimum absolute atomic E-state index is 0.275. The summed E-state index contributed by atoms with van der Waals surface area (Å²) < 4.78 is 23.7. The molecule has 0 saturated carbocycles. The Kier molecular flexibility index (Phi) is 3.92. The van der Waals surface area contributed by atoms with Crippen molar-refractivity contribution in [2.24, 2.45) is 11.7 Å². The highest BCUT2D eigenvalue weighted by atomic mass is 32.2. The zero-order chi connectivity index (χ0) is 13.2. The molecule has 1 atom stereocenters. The molecule has 1 aliphatic heterocycles. The van der Waals surface area contributed by atoms with Crippen LogP contribution in [-0.2, 0) is 16.3 Å². The molecule has 4 nitrogen and oxygen atoms in total. The van der Waals surface area contributed by atoms with Crippen molar-refractivity contribution < 1.29 is 8.42 Å². The van der Waals surface area contributed by atoms with Crippen LogP contribution in [0.15, 0.2) is 23.1 Å². The third-order valence-corrected chi connectivity index (χ3v) is 5.21. The first-order valence-corrected chi connectivity index (χ1v) is 7.98. The van der Waals surface area contributed by atoms with Crippen molar-refractivity contribution in [2.45, 2.75) is 24.7 Å². The Labute approximate surface area is 108 Å². The van der Waals surface area contributed by atoms with E-state index in [1.54, 1.807) is 6.07 Å². The molecule has 1 aromatic carbocycles. The Morgan fingerprint density at radius 3 is 2.94 bits per heavy atom. The topological polar surface area (TPSA) is 72.2 Å². The Morgan fingerprint density at radius 1 is 1.44 bits per heavy atom. The summed E-state index contributed by atoms with van der Waals surface area (Å²) in [6, 6.07) is 5.51. The number of hydrogen-bond acceptors (Lipinski definition) is 4. The Morgan fingerprint density at radius 2 is 2.22 bits per heavy atom. The number of benzene rings is 1. The summed E-state index contributed by atoms with van der Waals surface area (Å²) in [4.78, 5) is 0.506. The first-order chi connectivity index (χ1) is 8.53.